The molecule has 0 aromatic heterocycles. The van der Waals surface area contributed by atoms with Gasteiger partial charge in [-0.05, 0) is 83.3 Å². The Morgan fingerprint density at radius 2 is 2.00 bits per heavy atom. The van der Waals surface area contributed by atoms with Gasteiger partial charge in [0.2, 0.25) is 0 Å². The van der Waals surface area contributed by atoms with E-state index in [0.29, 0.717) is 0 Å². The maximum atomic E-state index is 3.70. The molecule has 1 unspecified atom stereocenters. The summed E-state index contributed by atoms with van der Waals surface area (Å²) in [4.78, 5) is 0. The van der Waals surface area contributed by atoms with Crippen LogP contribution in [0.1, 0.15) is 47.9 Å². The summed E-state index contributed by atoms with van der Waals surface area (Å²) in [6.45, 7) is 0. The van der Waals surface area contributed by atoms with Gasteiger partial charge in [0, 0.05) is 8.04 Å². The van der Waals surface area contributed by atoms with Gasteiger partial charge in [0.05, 0.1) is 6.04 Å². The molecular weight excluding hydrogens is 437 g/mol. The van der Waals surface area contributed by atoms with Crippen LogP contribution in [-0.2, 0) is 0 Å². The molecule has 2 aromatic rings. The molecule has 0 saturated heterocycles. The second-order valence-electron chi connectivity index (χ2n) is 5.69. The van der Waals surface area contributed by atoms with Gasteiger partial charge in [-0.1, -0.05) is 46.6 Å². The zero-order valence-corrected chi connectivity index (χ0v) is 15.8. The molecule has 1 fully saturated rings. The number of nitrogens with one attached hydrogen (secondary N) is 1. The van der Waals surface area contributed by atoms with Crippen LogP contribution in [-0.4, -0.2) is 7.05 Å². The van der Waals surface area contributed by atoms with Gasteiger partial charge in [-0.25, -0.2) is 0 Å². The molecule has 1 atom stereocenters. The Morgan fingerprint density at radius 3 is 2.67 bits per heavy atom. The van der Waals surface area contributed by atoms with Crippen molar-refractivity contribution in [1.82, 2.24) is 5.32 Å². The molecule has 1 N–H and O–H groups in total. The van der Waals surface area contributed by atoms with Crippen molar-refractivity contribution in [1.29, 1.82) is 0 Å². The highest BCUT2D eigenvalue weighted by Crippen LogP contribution is 2.38. The molecule has 3 rings (SSSR count). The smallest absolute Gasteiger partial charge is 0.0585 e. The van der Waals surface area contributed by atoms with Gasteiger partial charge in [-0.2, -0.15) is 0 Å². The molecule has 0 aliphatic heterocycles. The van der Waals surface area contributed by atoms with Gasteiger partial charge in [-0.3, -0.25) is 0 Å². The molecule has 1 nitrogen and oxygen atoms in total. The summed E-state index contributed by atoms with van der Waals surface area (Å²) >= 11 is 6.07. The molecule has 0 amide bonds. The Hall–Kier alpha value is -0.390. The van der Waals surface area contributed by atoms with E-state index in [1.807, 2.05) is 7.05 Å². The number of benzene rings is 2. The first-order valence-electron chi connectivity index (χ1n) is 7.41. The van der Waals surface area contributed by atoms with Crippen molar-refractivity contribution < 1.29 is 0 Å². The van der Waals surface area contributed by atoms with E-state index >= 15 is 0 Å². The van der Waals surface area contributed by atoms with Gasteiger partial charge in [0.15, 0.2) is 0 Å². The second kappa shape index (κ2) is 6.80. The van der Waals surface area contributed by atoms with Crippen LogP contribution in [0.25, 0.3) is 0 Å². The Bertz CT molecular complexity index is 637. The molecule has 0 radical (unpaired) electrons. The van der Waals surface area contributed by atoms with Gasteiger partial charge in [-0.15, -0.1) is 0 Å². The van der Waals surface area contributed by atoms with Crippen molar-refractivity contribution in [2.75, 3.05) is 7.05 Å². The van der Waals surface area contributed by atoms with E-state index in [-0.39, 0.29) is 6.04 Å². The van der Waals surface area contributed by atoms with E-state index in [0.717, 1.165) is 10.4 Å². The maximum absolute atomic E-state index is 3.70. The van der Waals surface area contributed by atoms with Crippen molar-refractivity contribution in [3.05, 3.63) is 67.2 Å². The van der Waals surface area contributed by atoms with E-state index in [1.165, 1.54) is 39.5 Å². The van der Waals surface area contributed by atoms with Gasteiger partial charge >= 0.3 is 0 Å². The lowest BCUT2D eigenvalue weighted by Crippen LogP contribution is -2.19. The largest absolute Gasteiger partial charge is 0.309 e. The molecular formula is C18H19BrIN. The van der Waals surface area contributed by atoms with Crippen LogP contribution in [0.4, 0.5) is 0 Å². The van der Waals surface area contributed by atoms with E-state index in [4.69, 9.17) is 0 Å². The van der Waals surface area contributed by atoms with Crippen LogP contribution >= 0.6 is 38.5 Å². The van der Waals surface area contributed by atoms with Crippen LogP contribution < -0.4 is 5.32 Å². The molecule has 0 spiro atoms. The maximum Gasteiger partial charge on any atom is 0.0585 e. The quantitative estimate of drug-likeness (QED) is 0.589. The monoisotopic (exact) mass is 455 g/mol. The van der Waals surface area contributed by atoms with Crippen molar-refractivity contribution >= 4 is 38.5 Å². The number of halogens is 2. The topological polar surface area (TPSA) is 12.0 Å². The fraction of sp³-hybridized carbons (Fsp3) is 0.333. The third-order valence-electron chi connectivity index (χ3n) is 4.38. The summed E-state index contributed by atoms with van der Waals surface area (Å²) in [6, 6.07) is 15.9. The predicted molar refractivity (Wildman–Crippen MR) is 101 cm³/mol. The first-order chi connectivity index (χ1) is 10.2. The third kappa shape index (κ3) is 3.35. The Labute approximate surface area is 148 Å². The van der Waals surface area contributed by atoms with Crippen molar-refractivity contribution in [2.45, 2.75) is 31.2 Å². The molecule has 3 heteroatoms. The van der Waals surface area contributed by atoms with Crippen LogP contribution in [0.3, 0.4) is 0 Å². The van der Waals surface area contributed by atoms with Crippen LogP contribution in [0.5, 0.6) is 0 Å². The number of hydrogen-bond acceptors (Lipinski definition) is 1. The van der Waals surface area contributed by atoms with E-state index < -0.39 is 0 Å². The molecule has 1 aliphatic rings. The molecule has 110 valence electrons. The summed E-state index contributed by atoms with van der Waals surface area (Å²) in [5.74, 6) is 0.779. The SMILES string of the molecule is CNC(c1cccc(C2CCC2)c1)c1cc(I)ccc1Br. The van der Waals surface area contributed by atoms with Crippen LogP contribution in [0.15, 0.2) is 46.9 Å². The first kappa shape index (κ1) is 15.5. The standard InChI is InChI=1S/C18H19BrIN/c1-21-18(16-11-15(20)8-9-17(16)19)14-7-3-6-13(10-14)12-4-2-5-12/h3,6-12,18,21H,2,4-5H2,1H3. The Morgan fingerprint density at radius 1 is 1.19 bits per heavy atom. The number of hydrogen-bond donors (Lipinski definition) is 1. The predicted octanol–water partition coefficient (Wildman–Crippen LogP) is 5.63. The normalized spacial score (nSPS) is 16.5. The Kier molecular flexibility index (Phi) is 5.02. The van der Waals surface area contributed by atoms with E-state index in [9.17, 15) is 0 Å². The second-order valence-corrected chi connectivity index (χ2v) is 7.79. The lowest BCUT2D eigenvalue weighted by molar-refractivity contribution is 0.419. The minimum Gasteiger partial charge on any atom is -0.309 e. The van der Waals surface area contributed by atoms with Crippen molar-refractivity contribution in [3.63, 3.8) is 0 Å². The van der Waals surface area contributed by atoms with E-state index in [1.54, 1.807) is 0 Å². The van der Waals surface area contributed by atoms with Crippen LogP contribution in [0.2, 0.25) is 0 Å². The molecule has 1 saturated carbocycles. The van der Waals surface area contributed by atoms with Crippen LogP contribution in [0, 0.1) is 3.57 Å². The summed E-state index contributed by atoms with van der Waals surface area (Å²) in [5, 5.41) is 3.47. The van der Waals surface area contributed by atoms with Gasteiger partial charge in [0.25, 0.3) is 0 Å². The fourth-order valence-electron chi connectivity index (χ4n) is 2.97. The highest BCUT2D eigenvalue weighted by atomic mass is 127. The average Bonchev–Trinajstić information content (AvgIpc) is 2.42. The minimum absolute atomic E-state index is 0.231. The summed E-state index contributed by atoms with van der Waals surface area (Å²) < 4.78 is 2.43. The average molecular weight is 456 g/mol. The van der Waals surface area contributed by atoms with E-state index in [2.05, 4.69) is 86.3 Å². The van der Waals surface area contributed by atoms with Crippen molar-refractivity contribution in [2.24, 2.45) is 0 Å². The van der Waals surface area contributed by atoms with Gasteiger partial charge in [0.1, 0.15) is 0 Å². The lowest BCUT2D eigenvalue weighted by Gasteiger charge is -2.27. The Balaban J connectivity index is 1.97. The summed E-state index contributed by atoms with van der Waals surface area (Å²) in [5.41, 5.74) is 4.15. The number of rotatable bonds is 4. The highest BCUT2D eigenvalue weighted by Gasteiger charge is 2.21. The first-order valence-corrected chi connectivity index (χ1v) is 9.28. The zero-order valence-electron chi connectivity index (χ0n) is 12.1. The molecule has 0 bridgehead atoms. The molecule has 21 heavy (non-hydrogen) atoms. The lowest BCUT2D eigenvalue weighted by atomic mass is 9.79. The highest BCUT2D eigenvalue weighted by molar-refractivity contribution is 14.1. The minimum atomic E-state index is 0.231. The summed E-state index contributed by atoms with van der Waals surface area (Å²) in [6.07, 6.45) is 4.08. The molecule has 0 heterocycles. The fourth-order valence-corrected chi connectivity index (χ4v) is 3.96. The molecule has 1 aliphatic carbocycles. The van der Waals surface area contributed by atoms with Gasteiger partial charge < -0.3 is 5.32 Å². The zero-order chi connectivity index (χ0) is 14.8. The summed E-state index contributed by atoms with van der Waals surface area (Å²) in [7, 11) is 2.03. The van der Waals surface area contributed by atoms with Crippen molar-refractivity contribution in [3.8, 4) is 0 Å². The molecule has 2 aromatic carbocycles. The third-order valence-corrected chi connectivity index (χ3v) is 5.77.